The summed E-state index contributed by atoms with van der Waals surface area (Å²) in [7, 11) is 0. The Morgan fingerprint density at radius 1 is 1.14 bits per heavy atom. The van der Waals surface area contributed by atoms with Crippen LogP contribution >= 0.6 is 11.8 Å². The van der Waals surface area contributed by atoms with Crippen molar-refractivity contribution in [3.63, 3.8) is 0 Å². The molecule has 0 spiro atoms. The van der Waals surface area contributed by atoms with Gasteiger partial charge in [0.25, 0.3) is 0 Å². The lowest BCUT2D eigenvalue weighted by Gasteiger charge is -2.17. The molecule has 0 bridgehead atoms. The number of rotatable bonds is 6. The van der Waals surface area contributed by atoms with Crippen LogP contribution in [-0.4, -0.2) is 37.4 Å². The van der Waals surface area contributed by atoms with Crippen LogP contribution < -0.4 is 19.7 Å². The first kappa shape index (κ1) is 19.6. The molecular weight excluding hydrogens is 388 g/mol. The van der Waals surface area contributed by atoms with Gasteiger partial charge in [-0.05, 0) is 49.2 Å². The number of nitrogens with zero attached hydrogens (tertiary/aromatic N) is 1. The second-order valence-corrected chi connectivity index (χ2v) is 8.50. The molecule has 0 radical (unpaired) electrons. The summed E-state index contributed by atoms with van der Waals surface area (Å²) >= 11 is 1.72. The summed E-state index contributed by atoms with van der Waals surface area (Å²) in [5.74, 6) is 1.65. The number of amides is 2. The van der Waals surface area contributed by atoms with Gasteiger partial charge in [-0.2, -0.15) is 0 Å². The van der Waals surface area contributed by atoms with E-state index in [1.165, 1.54) is 16.0 Å². The van der Waals surface area contributed by atoms with E-state index in [9.17, 15) is 9.59 Å². The van der Waals surface area contributed by atoms with Gasteiger partial charge in [0.05, 0.1) is 5.92 Å². The van der Waals surface area contributed by atoms with Gasteiger partial charge in [-0.15, -0.1) is 11.8 Å². The Bertz CT molecular complexity index is 946. The molecule has 6 nitrogen and oxygen atoms in total. The molecule has 29 heavy (non-hydrogen) atoms. The molecule has 2 amide bonds. The van der Waals surface area contributed by atoms with Gasteiger partial charge in [0.15, 0.2) is 11.5 Å². The molecule has 2 aromatic rings. The molecule has 1 fully saturated rings. The zero-order valence-electron chi connectivity index (χ0n) is 16.6. The van der Waals surface area contributed by atoms with E-state index in [-0.39, 0.29) is 30.9 Å². The van der Waals surface area contributed by atoms with Gasteiger partial charge in [-0.3, -0.25) is 9.59 Å². The highest BCUT2D eigenvalue weighted by molar-refractivity contribution is 7.99. The summed E-state index contributed by atoms with van der Waals surface area (Å²) in [6.45, 7) is 5.35. The van der Waals surface area contributed by atoms with Crippen molar-refractivity contribution in [2.24, 2.45) is 5.92 Å². The van der Waals surface area contributed by atoms with Gasteiger partial charge >= 0.3 is 0 Å². The minimum Gasteiger partial charge on any atom is -0.454 e. The number of anilines is 1. The Labute approximate surface area is 174 Å². The van der Waals surface area contributed by atoms with Crippen molar-refractivity contribution in [2.45, 2.75) is 25.2 Å². The lowest BCUT2D eigenvalue weighted by molar-refractivity contribution is -0.126. The summed E-state index contributed by atoms with van der Waals surface area (Å²) in [6.07, 6.45) is 0.227. The maximum Gasteiger partial charge on any atom is 0.231 e. The van der Waals surface area contributed by atoms with Crippen molar-refractivity contribution >= 4 is 29.3 Å². The minimum absolute atomic E-state index is 0.0477. The smallest absolute Gasteiger partial charge is 0.231 e. The van der Waals surface area contributed by atoms with Crippen LogP contribution in [0, 0.1) is 19.8 Å². The molecule has 1 unspecified atom stereocenters. The zero-order chi connectivity index (χ0) is 20.4. The predicted octanol–water partition coefficient (Wildman–Crippen LogP) is 3.29. The van der Waals surface area contributed by atoms with Crippen molar-refractivity contribution in [3.8, 4) is 11.5 Å². The number of carbonyl (C=O) groups is 2. The topological polar surface area (TPSA) is 67.9 Å². The van der Waals surface area contributed by atoms with Crippen LogP contribution in [0.15, 0.2) is 41.3 Å². The Morgan fingerprint density at radius 3 is 2.79 bits per heavy atom. The van der Waals surface area contributed by atoms with Crippen LogP contribution in [0.3, 0.4) is 0 Å². The third-order valence-electron chi connectivity index (χ3n) is 5.31. The molecule has 1 atom stereocenters. The number of thioether (sulfide) groups is 1. The van der Waals surface area contributed by atoms with Gasteiger partial charge in [0.1, 0.15) is 0 Å². The standard InChI is InChI=1S/C22H24N2O4S/c1-14-3-5-18(9-15(14)2)29-8-7-23-22(26)16-10-21(25)24(12-16)17-4-6-19-20(11-17)28-13-27-19/h3-6,9,11,16H,7-8,10,12-13H2,1-2H3,(H,23,26). The second kappa shape index (κ2) is 8.37. The fourth-order valence-corrected chi connectivity index (χ4v) is 4.34. The average molecular weight is 413 g/mol. The van der Waals surface area contributed by atoms with Crippen molar-refractivity contribution in [1.82, 2.24) is 5.32 Å². The number of nitrogens with one attached hydrogen (secondary N) is 1. The van der Waals surface area contributed by atoms with Crippen molar-refractivity contribution < 1.29 is 19.1 Å². The van der Waals surface area contributed by atoms with E-state index in [2.05, 4.69) is 37.4 Å². The van der Waals surface area contributed by atoms with E-state index < -0.39 is 0 Å². The molecule has 152 valence electrons. The highest BCUT2D eigenvalue weighted by Gasteiger charge is 2.35. The number of ether oxygens (including phenoxy) is 2. The van der Waals surface area contributed by atoms with E-state index in [4.69, 9.17) is 9.47 Å². The average Bonchev–Trinajstić information content (AvgIpc) is 3.33. The molecule has 4 rings (SSSR count). The van der Waals surface area contributed by atoms with Crippen LogP contribution in [0.1, 0.15) is 17.5 Å². The first-order chi connectivity index (χ1) is 14.0. The third kappa shape index (κ3) is 4.34. The summed E-state index contributed by atoms with van der Waals surface area (Å²) in [4.78, 5) is 27.8. The zero-order valence-corrected chi connectivity index (χ0v) is 17.4. The molecule has 2 aliphatic heterocycles. The quantitative estimate of drug-likeness (QED) is 0.583. The third-order valence-corrected chi connectivity index (χ3v) is 6.31. The maximum absolute atomic E-state index is 12.5. The van der Waals surface area contributed by atoms with Crippen LogP contribution in [0.2, 0.25) is 0 Å². The first-order valence-electron chi connectivity index (χ1n) is 9.69. The molecule has 0 saturated carbocycles. The largest absolute Gasteiger partial charge is 0.454 e. The highest BCUT2D eigenvalue weighted by atomic mass is 32.2. The molecule has 1 saturated heterocycles. The van der Waals surface area contributed by atoms with Crippen molar-refractivity contribution in [3.05, 3.63) is 47.5 Å². The van der Waals surface area contributed by atoms with Crippen molar-refractivity contribution in [2.75, 3.05) is 30.5 Å². The van der Waals surface area contributed by atoms with Gasteiger partial charge in [-0.1, -0.05) is 6.07 Å². The van der Waals surface area contributed by atoms with Crippen LogP contribution in [-0.2, 0) is 9.59 Å². The molecule has 2 aromatic carbocycles. The van der Waals surface area contributed by atoms with Crippen LogP contribution in [0.5, 0.6) is 11.5 Å². The molecule has 7 heteroatoms. The highest BCUT2D eigenvalue weighted by Crippen LogP contribution is 2.37. The number of carbonyl (C=O) groups excluding carboxylic acids is 2. The summed E-state index contributed by atoms with van der Waals surface area (Å²) < 4.78 is 10.7. The molecule has 2 aliphatic rings. The van der Waals surface area contributed by atoms with E-state index in [1.807, 2.05) is 6.07 Å². The first-order valence-corrected chi connectivity index (χ1v) is 10.7. The normalized spacial score (nSPS) is 17.7. The predicted molar refractivity (Wildman–Crippen MR) is 113 cm³/mol. The number of fused-ring (bicyclic) bond motifs is 1. The Kier molecular flexibility index (Phi) is 5.67. The Morgan fingerprint density at radius 2 is 1.97 bits per heavy atom. The molecule has 0 aliphatic carbocycles. The molecule has 0 aromatic heterocycles. The van der Waals surface area contributed by atoms with Gasteiger partial charge in [-0.25, -0.2) is 0 Å². The van der Waals surface area contributed by atoms with Gasteiger partial charge in [0, 0.05) is 41.9 Å². The number of aryl methyl sites for hydroxylation is 2. The fourth-order valence-electron chi connectivity index (χ4n) is 3.48. The fraction of sp³-hybridized carbons (Fsp3) is 0.364. The number of hydrogen-bond donors (Lipinski definition) is 1. The monoisotopic (exact) mass is 412 g/mol. The number of hydrogen-bond acceptors (Lipinski definition) is 5. The summed E-state index contributed by atoms with van der Waals surface area (Å²) in [5.41, 5.74) is 3.28. The lowest BCUT2D eigenvalue weighted by Crippen LogP contribution is -2.34. The van der Waals surface area contributed by atoms with Gasteiger partial charge in [0.2, 0.25) is 18.6 Å². The molecule has 1 N–H and O–H groups in total. The van der Waals surface area contributed by atoms with Crippen molar-refractivity contribution in [1.29, 1.82) is 0 Å². The van der Waals surface area contributed by atoms with E-state index in [1.54, 1.807) is 28.8 Å². The second-order valence-electron chi connectivity index (χ2n) is 7.33. The number of benzene rings is 2. The van der Waals surface area contributed by atoms with Crippen LogP contribution in [0.25, 0.3) is 0 Å². The minimum atomic E-state index is -0.334. The molecular formula is C22H24N2O4S. The molecule has 2 heterocycles. The summed E-state index contributed by atoms with van der Waals surface area (Å²) in [6, 6.07) is 11.8. The van der Waals surface area contributed by atoms with E-state index in [0.29, 0.717) is 24.6 Å². The van der Waals surface area contributed by atoms with E-state index in [0.717, 1.165) is 11.4 Å². The van der Waals surface area contributed by atoms with Gasteiger partial charge < -0.3 is 19.7 Å². The maximum atomic E-state index is 12.5. The SMILES string of the molecule is Cc1ccc(SCCNC(=O)C2CC(=O)N(c3ccc4c(c3)OCO4)C2)cc1C. The Hall–Kier alpha value is -2.67. The van der Waals surface area contributed by atoms with E-state index >= 15 is 0 Å². The lowest BCUT2D eigenvalue weighted by atomic mass is 10.1. The van der Waals surface area contributed by atoms with Crippen LogP contribution in [0.4, 0.5) is 5.69 Å². The Balaban J connectivity index is 1.27. The summed E-state index contributed by atoms with van der Waals surface area (Å²) in [5, 5.41) is 2.97.